The van der Waals surface area contributed by atoms with Gasteiger partial charge in [-0.3, -0.25) is 4.98 Å². The van der Waals surface area contributed by atoms with Crippen molar-refractivity contribution in [3.63, 3.8) is 0 Å². The molecule has 2 aromatic rings. The Bertz CT molecular complexity index is 625. The van der Waals surface area contributed by atoms with Gasteiger partial charge in [0.15, 0.2) is 5.84 Å². The van der Waals surface area contributed by atoms with E-state index < -0.39 is 0 Å². The van der Waals surface area contributed by atoms with Gasteiger partial charge in [0.05, 0.1) is 6.04 Å². The minimum atomic E-state index is 0.0163. The quantitative estimate of drug-likeness (QED) is 0.328. The average Bonchev–Trinajstić information content (AvgIpc) is 3.01. The second-order valence-corrected chi connectivity index (χ2v) is 5.76. The molecule has 7 heteroatoms. The van der Waals surface area contributed by atoms with Gasteiger partial charge in [-0.05, 0) is 25.0 Å². The minimum Gasteiger partial charge on any atom is -0.409 e. The molecule has 0 aliphatic carbocycles. The largest absolute Gasteiger partial charge is 0.409 e. The van der Waals surface area contributed by atoms with Crippen LogP contribution in [0.1, 0.15) is 41.0 Å². The lowest BCUT2D eigenvalue weighted by Gasteiger charge is -2.13. The molecule has 0 bridgehead atoms. The summed E-state index contributed by atoms with van der Waals surface area (Å²) in [7, 11) is 0. The van der Waals surface area contributed by atoms with Gasteiger partial charge < -0.3 is 16.3 Å². The molecule has 21 heavy (non-hydrogen) atoms. The lowest BCUT2D eigenvalue weighted by molar-refractivity contribution is 0.318. The van der Waals surface area contributed by atoms with Crippen LogP contribution in [0.25, 0.3) is 0 Å². The number of oxime groups is 1. The fourth-order valence-corrected chi connectivity index (χ4v) is 2.78. The lowest BCUT2D eigenvalue weighted by Crippen LogP contribution is -2.23. The van der Waals surface area contributed by atoms with E-state index in [9.17, 15) is 0 Å². The van der Waals surface area contributed by atoms with Crippen LogP contribution in [-0.4, -0.2) is 21.0 Å². The summed E-state index contributed by atoms with van der Waals surface area (Å²) < 4.78 is 0. The molecule has 2 aromatic heterocycles. The van der Waals surface area contributed by atoms with Gasteiger partial charge in [0.1, 0.15) is 10.7 Å². The van der Waals surface area contributed by atoms with Crippen molar-refractivity contribution in [2.24, 2.45) is 10.9 Å². The van der Waals surface area contributed by atoms with Crippen molar-refractivity contribution in [2.45, 2.75) is 32.9 Å². The average molecular weight is 305 g/mol. The number of thiazole rings is 1. The van der Waals surface area contributed by atoms with Crippen LogP contribution in [0.15, 0.2) is 29.7 Å². The van der Waals surface area contributed by atoms with E-state index >= 15 is 0 Å². The van der Waals surface area contributed by atoms with Crippen molar-refractivity contribution in [3.05, 3.63) is 45.7 Å². The Balaban J connectivity index is 2.06. The lowest BCUT2D eigenvalue weighted by atomic mass is 10.1. The molecular weight excluding hydrogens is 286 g/mol. The first-order valence-electron chi connectivity index (χ1n) is 6.75. The summed E-state index contributed by atoms with van der Waals surface area (Å²) >= 11 is 1.71. The molecule has 0 spiro atoms. The molecule has 2 heterocycles. The molecule has 0 amide bonds. The topological polar surface area (TPSA) is 96.4 Å². The molecule has 0 saturated heterocycles. The van der Waals surface area contributed by atoms with E-state index in [-0.39, 0.29) is 11.9 Å². The number of nitrogens with zero attached hydrogens (tertiary/aromatic N) is 3. The second kappa shape index (κ2) is 7.14. The maximum Gasteiger partial charge on any atom is 0.189 e. The molecule has 6 nitrogen and oxygen atoms in total. The number of amidine groups is 1. The van der Waals surface area contributed by atoms with Crippen molar-refractivity contribution >= 4 is 17.2 Å². The van der Waals surface area contributed by atoms with Crippen molar-refractivity contribution in [1.82, 2.24) is 15.3 Å². The Morgan fingerprint density at radius 1 is 1.52 bits per heavy atom. The third kappa shape index (κ3) is 3.77. The highest BCUT2D eigenvalue weighted by Crippen LogP contribution is 2.20. The molecule has 112 valence electrons. The third-order valence-electron chi connectivity index (χ3n) is 3.13. The van der Waals surface area contributed by atoms with Crippen LogP contribution in [0, 0.1) is 0 Å². The van der Waals surface area contributed by atoms with E-state index in [4.69, 9.17) is 10.9 Å². The molecule has 0 aliphatic heterocycles. The third-order valence-corrected chi connectivity index (χ3v) is 4.46. The second-order valence-electron chi connectivity index (χ2n) is 4.62. The summed E-state index contributed by atoms with van der Waals surface area (Å²) in [6.45, 7) is 4.76. The standard InChI is InChI=1S/C14H19N5OS/c1-3-11-8-18-14(21-11)9(2)17-7-10-5-4-6-16-12(10)13(15)19-20/h4-6,8-9,17,20H,3,7H2,1-2H3,(H2,15,19). The summed E-state index contributed by atoms with van der Waals surface area (Å²) in [6.07, 6.45) is 4.54. The first-order chi connectivity index (χ1) is 10.2. The zero-order valence-corrected chi connectivity index (χ0v) is 12.9. The maximum absolute atomic E-state index is 8.79. The normalized spacial score (nSPS) is 13.3. The van der Waals surface area contributed by atoms with Gasteiger partial charge in [-0.15, -0.1) is 11.3 Å². The minimum absolute atomic E-state index is 0.0163. The summed E-state index contributed by atoms with van der Waals surface area (Å²) in [5.41, 5.74) is 7.01. The van der Waals surface area contributed by atoms with Crippen LogP contribution in [0.5, 0.6) is 0 Å². The molecule has 0 aliphatic rings. The summed E-state index contributed by atoms with van der Waals surface area (Å²) in [5.74, 6) is 0.0163. The molecule has 4 N–H and O–H groups in total. The van der Waals surface area contributed by atoms with Crippen molar-refractivity contribution in [2.75, 3.05) is 0 Å². The molecule has 0 aromatic carbocycles. The molecule has 1 unspecified atom stereocenters. The van der Waals surface area contributed by atoms with Gasteiger partial charge in [0.25, 0.3) is 0 Å². The molecule has 0 saturated carbocycles. The first kappa shape index (κ1) is 15.4. The fraction of sp³-hybridized carbons (Fsp3) is 0.357. The van der Waals surface area contributed by atoms with E-state index in [0.717, 1.165) is 17.0 Å². The van der Waals surface area contributed by atoms with Crippen molar-refractivity contribution in [1.29, 1.82) is 0 Å². The smallest absolute Gasteiger partial charge is 0.189 e. The number of hydrogen-bond acceptors (Lipinski definition) is 6. The Morgan fingerprint density at radius 3 is 3.00 bits per heavy atom. The van der Waals surface area contributed by atoms with Crippen molar-refractivity contribution < 1.29 is 5.21 Å². The van der Waals surface area contributed by atoms with Gasteiger partial charge in [-0.2, -0.15) is 0 Å². The predicted octanol–water partition coefficient (Wildman–Crippen LogP) is 2.05. The summed E-state index contributed by atoms with van der Waals surface area (Å²) in [5, 5.41) is 16.2. The molecular formula is C14H19N5OS. The number of hydrogen-bond donors (Lipinski definition) is 3. The maximum atomic E-state index is 8.79. The fourth-order valence-electron chi connectivity index (χ4n) is 1.90. The molecule has 0 fully saturated rings. The van der Waals surface area contributed by atoms with Gasteiger partial charge in [0.2, 0.25) is 0 Å². The highest BCUT2D eigenvalue weighted by Gasteiger charge is 2.12. The van der Waals surface area contributed by atoms with E-state index in [1.165, 1.54) is 4.88 Å². The first-order valence-corrected chi connectivity index (χ1v) is 7.57. The van der Waals surface area contributed by atoms with Gasteiger partial charge in [-0.25, -0.2) is 4.98 Å². The Morgan fingerprint density at radius 2 is 2.33 bits per heavy atom. The number of aromatic nitrogens is 2. The molecule has 0 radical (unpaired) electrons. The van der Waals surface area contributed by atoms with Gasteiger partial charge in [0, 0.05) is 23.8 Å². The molecule has 1 atom stereocenters. The van der Waals surface area contributed by atoms with Crippen LogP contribution in [0.4, 0.5) is 0 Å². The Labute approximate surface area is 127 Å². The predicted molar refractivity (Wildman–Crippen MR) is 83.5 cm³/mol. The zero-order valence-electron chi connectivity index (χ0n) is 12.1. The summed E-state index contributed by atoms with van der Waals surface area (Å²) in [4.78, 5) is 9.85. The van der Waals surface area contributed by atoms with Gasteiger partial charge in [-0.1, -0.05) is 18.1 Å². The number of pyridine rings is 1. The highest BCUT2D eigenvalue weighted by atomic mass is 32.1. The number of nitrogens with two attached hydrogens (primary N) is 1. The van der Waals surface area contributed by atoms with E-state index in [1.54, 1.807) is 17.5 Å². The number of aryl methyl sites for hydroxylation is 1. The van der Waals surface area contributed by atoms with E-state index in [1.807, 2.05) is 18.3 Å². The van der Waals surface area contributed by atoms with Gasteiger partial charge >= 0.3 is 0 Å². The number of nitrogens with one attached hydrogen (secondary N) is 1. The van der Waals surface area contributed by atoms with E-state index in [0.29, 0.717) is 12.2 Å². The van der Waals surface area contributed by atoms with Crippen LogP contribution in [-0.2, 0) is 13.0 Å². The van der Waals surface area contributed by atoms with Crippen LogP contribution in [0.2, 0.25) is 0 Å². The van der Waals surface area contributed by atoms with Crippen LogP contribution < -0.4 is 11.1 Å². The Kier molecular flexibility index (Phi) is 5.24. The molecule has 2 rings (SSSR count). The van der Waals surface area contributed by atoms with Crippen LogP contribution >= 0.6 is 11.3 Å². The zero-order chi connectivity index (χ0) is 15.2. The van der Waals surface area contributed by atoms with Crippen LogP contribution in [0.3, 0.4) is 0 Å². The highest BCUT2D eigenvalue weighted by molar-refractivity contribution is 7.11. The van der Waals surface area contributed by atoms with E-state index in [2.05, 4.69) is 34.3 Å². The monoisotopic (exact) mass is 305 g/mol. The summed E-state index contributed by atoms with van der Waals surface area (Å²) in [6, 6.07) is 3.86. The Hall–Kier alpha value is -1.99. The SMILES string of the molecule is CCc1cnc(C(C)NCc2cccnc2/C(N)=N/O)s1. The van der Waals surface area contributed by atoms with Crippen molar-refractivity contribution in [3.8, 4) is 0 Å². The number of rotatable bonds is 6.